The molecule has 2 aromatic carbocycles. The van der Waals surface area contributed by atoms with E-state index in [4.69, 9.17) is 9.84 Å². The van der Waals surface area contributed by atoms with Crippen LogP contribution in [0.3, 0.4) is 0 Å². The number of carbonyl (C=O) groups excluding carboxylic acids is 1. The van der Waals surface area contributed by atoms with Crippen molar-refractivity contribution in [3.63, 3.8) is 0 Å². The first-order valence-corrected chi connectivity index (χ1v) is 9.56. The molecule has 0 bridgehead atoms. The van der Waals surface area contributed by atoms with Crippen molar-refractivity contribution in [1.82, 2.24) is 0 Å². The first kappa shape index (κ1) is 21.1. The molecule has 0 unspecified atom stereocenters. The van der Waals surface area contributed by atoms with E-state index in [0.717, 1.165) is 25.9 Å². The monoisotopic (exact) mass is 413 g/mol. The van der Waals surface area contributed by atoms with Crippen molar-refractivity contribution in [2.45, 2.75) is 19.8 Å². The quantitative estimate of drug-likeness (QED) is 0.546. The Morgan fingerprint density at radius 3 is 2.43 bits per heavy atom. The summed E-state index contributed by atoms with van der Waals surface area (Å²) in [5, 5.41) is 23.4. The number of carboxylic acid groups (broad SMARTS) is 1. The van der Waals surface area contributed by atoms with E-state index in [1.807, 2.05) is 4.90 Å². The Morgan fingerprint density at radius 1 is 1.17 bits per heavy atom. The van der Waals surface area contributed by atoms with Crippen LogP contribution in [0.2, 0.25) is 0 Å². The number of aromatic carboxylic acids is 1. The van der Waals surface area contributed by atoms with E-state index in [0.29, 0.717) is 11.6 Å². The molecule has 0 radical (unpaired) electrons. The SMILES string of the molecule is COc1ccc(C(=O)O)cc1NC(=O)c1ccc(N2CCC(C)CC2)c([N+](=O)[O-])c1. The maximum absolute atomic E-state index is 12.7. The third kappa shape index (κ3) is 4.51. The first-order chi connectivity index (χ1) is 14.3. The Hall–Kier alpha value is -3.62. The summed E-state index contributed by atoms with van der Waals surface area (Å²) in [5.41, 5.74) is 0.599. The minimum Gasteiger partial charge on any atom is -0.495 e. The third-order valence-corrected chi connectivity index (χ3v) is 5.25. The standard InChI is InChI=1S/C21H23N3O6/c1-13-7-9-23(10-8-13)17-5-3-14(12-18(17)24(28)29)20(25)22-16-11-15(21(26)27)4-6-19(16)30-2/h3-6,11-13H,7-10H2,1-2H3,(H,22,25)(H,26,27). The second-order valence-corrected chi connectivity index (χ2v) is 7.30. The van der Waals surface area contributed by atoms with Crippen LogP contribution in [0.4, 0.5) is 17.1 Å². The number of nitro benzene ring substituents is 1. The van der Waals surface area contributed by atoms with Gasteiger partial charge in [0.1, 0.15) is 11.4 Å². The Labute approximate surface area is 173 Å². The zero-order valence-electron chi connectivity index (χ0n) is 16.8. The van der Waals surface area contributed by atoms with Crippen LogP contribution in [0.15, 0.2) is 36.4 Å². The van der Waals surface area contributed by atoms with E-state index in [9.17, 15) is 19.7 Å². The predicted octanol–water partition coefficient (Wildman–Crippen LogP) is 3.79. The van der Waals surface area contributed by atoms with Gasteiger partial charge >= 0.3 is 5.97 Å². The van der Waals surface area contributed by atoms with E-state index >= 15 is 0 Å². The number of carboxylic acids is 1. The second kappa shape index (κ2) is 8.81. The molecule has 0 atom stereocenters. The highest BCUT2D eigenvalue weighted by Crippen LogP contribution is 2.33. The molecule has 9 nitrogen and oxygen atoms in total. The fourth-order valence-corrected chi connectivity index (χ4v) is 3.46. The molecular formula is C21H23N3O6. The normalized spacial score (nSPS) is 14.3. The molecular weight excluding hydrogens is 390 g/mol. The number of hydrogen-bond donors (Lipinski definition) is 2. The number of piperidine rings is 1. The van der Waals surface area contributed by atoms with Gasteiger partial charge in [-0.2, -0.15) is 0 Å². The number of nitro groups is 1. The summed E-state index contributed by atoms with van der Waals surface area (Å²) in [4.78, 5) is 37.0. The molecule has 158 valence electrons. The number of benzene rings is 2. The lowest BCUT2D eigenvalue weighted by Gasteiger charge is -2.31. The number of hydrogen-bond acceptors (Lipinski definition) is 6. The predicted molar refractivity (Wildman–Crippen MR) is 112 cm³/mol. The molecule has 30 heavy (non-hydrogen) atoms. The van der Waals surface area contributed by atoms with Gasteiger partial charge in [-0.1, -0.05) is 6.92 Å². The highest BCUT2D eigenvalue weighted by Gasteiger charge is 2.25. The molecule has 1 aliphatic heterocycles. The van der Waals surface area contributed by atoms with E-state index in [2.05, 4.69) is 12.2 Å². The summed E-state index contributed by atoms with van der Waals surface area (Å²) >= 11 is 0. The van der Waals surface area contributed by atoms with Crippen LogP contribution >= 0.6 is 0 Å². The molecule has 0 aliphatic carbocycles. The van der Waals surface area contributed by atoms with Crippen molar-refractivity contribution in [1.29, 1.82) is 0 Å². The zero-order chi connectivity index (χ0) is 21.8. The molecule has 2 aromatic rings. The van der Waals surface area contributed by atoms with Crippen LogP contribution in [-0.2, 0) is 0 Å². The van der Waals surface area contributed by atoms with Crippen molar-refractivity contribution >= 4 is 28.9 Å². The maximum atomic E-state index is 12.7. The van der Waals surface area contributed by atoms with Gasteiger partial charge in [0.2, 0.25) is 0 Å². The fraction of sp³-hybridized carbons (Fsp3) is 0.333. The molecule has 0 spiro atoms. The topological polar surface area (TPSA) is 122 Å². The van der Waals surface area contributed by atoms with E-state index in [1.54, 1.807) is 6.07 Å². The summed E-state index contributed by atoms with van der Waals surface area (Å²) in [6, 6.07) is 8.43. The smallest absolute Gasteiger partial charge is 0.335 e. The highest BCUT2D eigenvalue weighted by atomic mass is 16.6. The number of nitrogens with one attached hydrogen (secondary N) is 1. The fourth-order valence-electron chi connectivity index (χ4n) is 3.46. The number of amides is 1. The number of anilines is 2. The van der Waals surface area contributed by atoms with Crippen molar-refractivity contribution in [2.75, 3.05) is 30.4 Å². The van der Waals surface area contributed by atoms with Gasteiger partial charge in [0.25, 0.3) is 11.6 Å². The lowest BCUT2D eigenvalue weighted by molar-refractivity contribution is -0.384. The molecule has 1 aliphatic rings. The summed E-state index contributed by atoms with van der Waals surface area (Å²) in [5.74, 6) is -0.884. The van der Waals surface area contributed by atoms with Crippen LogP contribution in [0.5, 0.6) is 5.75 Å². The number of ether oxygens (including phenoxy) is 1. The molecule has 1 fully saturated rings. The van der Waals surface area contributed by atoms with E-state index in [1.165, 1.54) is 37.4 Å². The lowest BCUT2D eigenvalue weighted by Crippen LogP contribution is -2.33. The van der Waals surface area contributed by atoms with Crippen LogP contribution < -0.4 is 15.0 Å². The van der Waals surface area contributed by atoms with Gasteiger partial charge < -0.3 is 20.1 Å². The van der Waals surface area contributed by atoms with Crippen molar-refractivity contribution in [3.8, 4) is 5.75 Å². The highest BCUT2D eigenvalue weighted by molar-refractivity contribution is 6.06. The van der Waals surface area contributed by atoms with Crippen molar-refractivity contribution in [2.24, 2.45) is 5.92 Å². The van der Waals surface area contributed by atoms with Gasteiger partial charge in [0.15, 0.2) is 0 Å². The summed E-state index contributed by atoms with van der Waals surface area (Å²) < 4.78 is 5.16. The average Bonchev–Trinajstić information content (AvgIpc) is 2.73. The molecule has 3 rings (SSSR count). The molecule has 9 heteroatoms. The number of carbonyl (C=O) groups is 2. The van der Waals surface area contributed by atoms with Crippen LogP contribution in [0.25, 0.3) is 0 Å². The first-order valence-electron chi connectivity index (χ1n) is 9.56. The zero-order valence-corrected chi connectivity index (χ0v) is 16.8. The molecule has 0 saturated carbocycles. The summed E-state index contributed by atoms with van der Waals surface area (Å²) in [6.07, 6.45) is 1.91. The molecule has 1 amide bonds. The number of methoxy groups -OCH3 is 1. The van der Waals surface area contributed by atoms with Crippen molar-refractivity contribution < 1.29 is 24.4 Å². The minimum absolute atomic E-state index is 0.0215. The summed E-state index contributed by atoms with van der Waals surface area (Å²) in [6.45, 7) is 3.62. The summed E-state index contributed by atoms with van der Waals surface area (Å²) in [7, 11) is 1.39. The van der Waals surface area contributed by atoms with E-state index in [-0.39, 0.29) is 28.3 Å². The minimum atomic E-state index is -1.15. The Balaban J connectivity index is 1.88. The maximum Gasteiger partial charge on any atom is 0.335 e. The van der Waals surface area contributed by atoms with Gasteiger partial charge in [-0.3, -0.25) is 14.9 Å². The number of rotatable bonds is 6. The number of nitrogens with zero attached hydrogens (tertiary/aromatic N) is 2. The second-order valence-electron chi connectivity index (χ2n) is 7.30. The van der Waals surface area contributed by atoms with Gasteiger partial charge in [0.05, 0.1) is 23.3 Å². The third-order valence-electron chi connectivity index (χ3n) is 5.25. The van der Waals surface area contributed by atoms with Crippen LogP contribution in [0, 0.1) is 16.0 Å². The molecule has 1 saturated heterocycles. The van der Waals surface area contributed by atoms with Gasteiger partial charge in [-0.05, 0) is 49.1 Å². The van der Waals surface area contributed by atoms with Gasteiger partial charge in [0, 0.05) is 24.7 Å². The van der Waals surface area contributed by atoms with E-state index < -0.39 is 16.8 Å². The Kier molecular flexibility index (Phi) is 6.20. The molecule has 0 aromatic heterocycles. The van der Waals surface area contributed by atoms with Crippen molar-refractivity contribution in [3.05, 3.63) is 57.6 Å². The largest absolute Gasteiger partial charge is 0.495 e. The van der Waals surface area contributed by atoms with Crippen LogP contribution in [-0.4, -0.2) is 42.1 Å². The van der Waals surface area contributed by atoms with Gasteiger partial charge in [-0.25, -0.2) is 4.79 Å². The Bertz CT molecular complexity index is 983. The Morgan fingerprint density at radius 2 is 1.83 bits per heavy atom. The van der Waals surface area contributed by atoms with Crippen LogP contribution in [0.1, 0.15) is 40.5 Å². The molecule has 1 heterocycles. The molecule has 2 N–H and O–H groups in total. The van der Waals surface area contributed by atoms with Gasteiger partial charge in [-0.15, -0.1) is 0 Å². The average molecular weight is 413 g/mol. The lowest BCUT2D eigenvalue weighted by atomic mass is 9.98.